The van der Waals surface area contributed by atoms with Crippen LogP contribution in [0.5, 0.6) is 0 Å². The molecule has 1 rings (SSSR count). The van der Waals surface area contributed by atoms with Gasteiger partial charge in [0.15, 0.2) is 0 Å². The molecule has 3 unspecified atom stereocenters. The normalized spacial score (nSPS) is 29.9. The molecule has 1 aliphatic rings. The first-order valence-corrected chi connectivity index (χ1v) is 5.06. The minimum atomic E-state index is 0.209. The van der Waals surface area contributed by atoms with Gasteiger partial charge in [0.2, 0.25) is 0 Å². The minimum absolute atomic E-state index is 0.209. The second-order valence-electron chi connectivity index (χ2n) is 3.61. The largest absolute Gasteiger partial charge is 0.380 e. The molecule has 2 nitrogen and oxygen atoms in total. The van der Waals surface area contributed by atoms with E-state index in [1.54, 1.807) is 7.11 Å². The molecule has 2 heteroatoms. The lowest BCUT2D eigenvalue weighted by atomic mass is 10.1. The van der Waals surface area contributed by atoms with Crippen molar-refractivity contribution in [2.24, 2.45) is 0 Å². The Hall–Kier alpha value is -0.520. The van der Waals surface area contributed by atoms with E-state index in [-0.39, 0.29) is 6.04 Å². The SMILES string of the molecule is C#CC(CC)NC1CCCC1OC. The zero-order valence-electron chi connectivity index (χ0n) is 8.55. The van der Waals surface area contributed by atoms with E-state index in [9.17, 15) is 0 Å². The monoisotopic (exact) mass is 181 g/mol. The van der Waals surface area contributed by atoms with Gasteiger partial charge in [0.25, 0.3) is 0 Å². The topological polar surface area (TPSA) is 21.3 Å². The van der Waals surface area contributed by atoms with Crippen LogP contribution < -0.4 is 5.32 Å². The highest BCUT2D eigenvalue weighted by molar-refractivity contribution is 5.01. The molecular formula is C11H19NO. The fourth-order valence-corrected chi connectivity index (χ4v) is 1.94. The van der Waals surface area contributed by atoms with E-state index in [0.717, 1.165) is 12.8 Å². The van der Waals surface area contributed by atoms with Crippen LogP contribution in [-0.2, 0) is 4.74 Å². The second-order valence-corrected chi connectivity index (χ2v) is 3.61. The van der Waals surface area contributed by atoms with E-state index in [0.29, 0.717) is 12.1 Å². The molecule has 3 atom stereocenters. The molecule has 1 N–H and O–H groups in total. The van der Waals surface area contributed by atoms with Crippen molar-refractivity contribution >= 4 is 0 Å². The van der Waals surface area contributed by atoms with Gasteiger partial charge in [0, 0.05) is 13.2 Å². The summed E-state index contributed by atoms with van der Waals surface area (Å²) < 4.78 is 5.38. The van der Waals surface area contributed by atoms with Gasteiger partial charge < -0.3 is 4.74 Å². The number of hydrogen-bond donors (Lipinski definition) is 1. The van der Waals surface area contributed by atoms with Crippen LogP contribution in [0.4, 0.5) is 0 Å². The maximum atomic E-state index is 5.39. The van der Waals surface area contributed by atoms with Gasteiger partial charge in [0.1, 0.15) is 0 Å². The molecule has 1 fully saturated rings. The van der Waals surface area contributed by atoms with Crippen molar-refractivity contribution in [2.75, 3.05) is 7.11 Å². The number of terminal acetylenes is 1. The van der Waals surface area contributed by atoms with Crippen molar-refractivity contribution in [3.63, 3.8) is 0 Å². The summed E-state index contributed by atoms with van der Waals surface area (Å²) in [6.45, 7) is 2.11. The summed E-state index contributed by atoms with van der Waals surface area (Å²) in [4.78, 5) is 0. The highest BCUT2D eigenvalue weighted by atomic mass is 16.5. The van der Waals surface area contributed by atoms with Crippen LogP contribution in [0.15, 0.2) is 0 Å². The van der Waals surface area contributed by atoms with Crippen molar-refractivity contribution in [3.8, 4) is 12.3 Å². The van der Waals surface area contributed by atoms with E-state index in [1.807, 2.05) is 0 Å². The van der Waals surface area contributed by atoms with Crippen molar-refractivity contribution in [2.45, 2.75) is 50.8 Å². The summed E-state index contributed by atoms with van der Waals surface area (Å²) in [7, 11) is 1.78. The second kappa shape index (κ2) is 5.26. The van der Waals surface area contributed by atoms with Gasteiger partial charge >= 0.3 is 0 Å². The lowest BCUT2D eigenvalue weighted by Crippen LogP contribution is -2.42. The third kappa shape index (κ3) is 2.72. The molecule has 13 heavy (non-hydrogen) atoms. The number of nitrogens with one attached hydrogen (secondary N) is 1. The molecule has 0 spiro atoms. The molecule has 1 aliphatic carbocycles. The van der Waals surface area contributed by atoms with Crippen LogP contribution in [0.3, 0.4) is 0 Å². The van der Waals surface area contributed by atoms with Gasteiger partial charge in [-0.25, -0.2) is 0 Å². The Bertz CT molecular complexity index is 185. The molecule has 0 aromatic rings. The van der Waals surface area contributed by atoms with Crippen LogP contribution in [0.1, 0.15) is 32.6 Å². The summed E-state index contributed by atoms with van der Waals surface area (Å²) in [5, 5.41) is 3.46. The van der Waals surface area contributed by atoms with E-state index in [4.69, 9.17) is 11.2 Å². The van der Waals surface area contributed by atoms with Crippen LogP contribution in [0.2, 0.25) is 0 Å². The van der Waals surface area contributed by atoms with E-state index >= 15 is 0 Å². The van der Waals surface area contributed by atoms with Gasteiger partial charge in [0.05, 0.1) is 12.1 Å². The first-order chi connectivity index (χ1) is 6.31. The molecule has 0 saturated heterocycles. The first-order valence-electron chi connectivity index (χ1n) is 5.06. The van der Waals surface area contributed by atoms with Gasteiger partial charge in [-0.15, -0.1) is 6.42 Å². The highest BCUT2D eigenvalue weighted by Crippen LogP contribution is 2.21. The Balaban J connectivity index is 2.39. The smallest absolute Gasteiger partial charge is 0.0724 e. The van der Waals surface area contributed by atoms with Crippen molar-refractivity contribution in [3.05, 3.63) is 0 Å². The Morgan fingerprint density at radius 2 is 2.38 bits per heavy atom. The molecule has 0 aromatic heterocycles. The summed E-state index contributed by atoms with van der Waals surface area (Å²) in [5.74, 6) is 2.76. The van der Waals surface area contributed by atoms with E-state index in [1.165, 1.54) is 12.8 Å². The molecule has 0 radical (unpaired) electrons. The molecule has 0 aromatic carbocycles. The van der Waals surface area contributed by atoms with Gasteiger partial charge in [-0.2, -0.15) is 0 Å². The minimum Gasteiger partial charge on any atom is -0.380 e. The predicted octanol–water partition coefficient (Wildman–Crippen LogP) is 1.56. The zero-order valence-corrected chi connectivity index (χ0v) is 8.55. The summed E-state index contributed by atoms with van der Waals surface area (Å²) in [5.41, 5.74) is 0. The molecule has 0 amide bonds. The molecule has 0 aliphatic heterocycles. The molecule has 1 saturated carbocycles. The van der Waals surface area contributed by atoms with Crippen molar-refractivity contribution in [1.29, 1.82) is 0 Å². The predicted molar refractivity (Wildman–Crippen MR) is 54.5 cm³/mol. The Morgan fingerprint density at radius 1 is 1.62 bits per heavy atom. The van der Waals surface area contributed by atoms with Crippen LogP contribution in [0.25, 0.3) is 0 Å². The van der Waals surface area contributed by atoms with Gasteiger partial charge in [-0.3, -0.25) is 5.32 Å². The molecule has 0 heterocycles. The first kappa shape index (κ1) is 10.6. The fraction of sp³-hybridized carbons (Fsp3) is 0.818. The fourth-order valence-electron chi connectivity index (χ4n) is 1.94. The highest BCUT2D eigenvalue weighted by Gasteiger charge is 2.27. The molecular weight excluding hydrogens is 162 g/mol. The Kier molecular flexibility index (Phi) is 4.27. The molecule has 0 bridgehead atoms. The average Bonchev–Trinajstić information content (AvgIpc) is 2.61. The number of methoxy groups -OCH3 is 1. The number of ether oxygens (including phenoxy) is 1. The standard InChI is InChI=1S/C11H19NO/c1-4-9(5-2)12-10-7-6-8-11(10)13-3/h1,9-12H,5-8H2,2-3H3. The van der Waals surface area contributed by atoms with Crippen molar-refractivity contribution < 1.29 is 4.74 Å². The Morgan fingerprint density at radius 3 is 2.92 bits per heavy atom. The average molecular weight is 181 g/mol. The van der Waals surface area contributed by atoms with Crippen LogP contribution >= 0.6 is 0 Å². The number of hydrogen-bond acceptors (Lipinski definition) is 2. The number of rotatable bonds is 4. The third-order valence-electron chi connectivity index (χ3n) is 2.78. The quantitative estimate of drug-likeness (QED) is 0.664. The molecule has 74 valence electrons. The lowest BCUT2D eigenvalue weighted by Gasteiger charge is -2.22. The van der Waals surface area contributed by atoms with Crippen LogP contribution in [0, 0.1) is 12.3 Å². The van der Waals surface area contributed by atoms with Gasteiger partial charge in [-0.05, 0) is 25.7 Å². The van der Waals surface area contributed by atoms with Crippen molar-refractivity contribution in [1.82, 2.24) is 5.32 Å². The van der Waals surface area contributed by atoms with E-state index in [2.05, 4.69) is 18.2 Å². The maximum Gasteiger partial charge on any atom is 0.0724 e. The third-order valence-corrected chi connectivity index (χ3v) is 2.78. The van der Waals surface area contributed by atoms with Crippen LogP contribution in [-0.4, -0.2) is 25.3 Å². The van der Waals surface area contributed by atoms with E-state index < -0.39 is 0 Å². The summed E-state index contributed by atoms with van der Waals surface area (Å²) >= 11 is 0. The zero-order chi connectivity index (χ0) is 9.68. The summed E-state index contributed by atoms with van der Waals surface area (Å²) in [6, 6.07) is 0.673. The maximum absolute atomic E-state index is 5.39. The lowest BCUT2D eigenvalue weighted by molar-refractivity contribution is 0.0832. The summed E-state index contributed by atoms with van der Waals surface area (Å²) in [6.07, 6.45) is 10.3. The van der Waals surface area contributed by atoms with Gasteiger partial charge in [-0.1, -0.05) is 12.8 Å². The Labute approximate surface area is 81.0 Å².